The number of rotatable bonds is 4. The Hall–Kier alpha value is -3.43. The quantitative estimate of drug-likeness (QED) is 0.425. The number of halogens is 4. The number of carbonyl (C=O) groups is 1. The number of likely N-dealkylation sites (tertiary alicyclic amines) is 1. The fourth-order valence-corrected chi connectivity index (χ4v) is 4.82. The maximum atomic E-state index is 14.8. The van der Waals surface area contributed by atoms with Crippen molar-refractivity contribution in [3.05, 3.63) is 71.9 Å². The summed E-state index contributed by atoms with van der Waals surface area (Å²) in [4.78, 5) is 26.8. The van der Waals surface area contributed by atoms with Gasteiger partial charge in [-0.25, -0.2) is 19.3 Å². The standard InChI is InChI=1S/C23H16B2F4N4O2/c24-22(25)13-9-16(17(10-13)35-18-6-5-12(11-32-18)23(27,28)29)33(22)21(34)14-3-1-4-15(26)19(14)20-30-7-2-8-31-20/h1-8,11,13,16-17H,9-10H2. The van der Waals surface area contributed by atoms with E-state index in [1.807, 2.05) is 0 Å². The highest BCUT2D eigenvalue weighted by Crippen LogP contribution is 2.48. The highest BCUT2D eigenvalue weighted by molar-refractivity contribution is 6.41. The third-order valence-electron chi connectivity index (χ3n) is 6.46. The molecule has 6 nitrogen and oxygen atoms in total. The molecular weight excluding hydrogens is 462 g/mol. The van der Waals surface area contributed by atoms with Crippen LogP contribution in [0.5, 0.6) is 5.88 Å². The molecule has 35 heavy (non-hydrogen) atoms. The summed E-state index contributed by atoms with van der Waals surface area (Å²) < 4.78 is 59.1. The molecule has 1 aromatic carbocycles. The van der Waals surface area contributed by atoms with Gasteiger partial charge in [0.2, 0.25) is 5.88 Å². The Morgan fingerprint density at radius 1 is 1.06 bits per heavy atom. The molecule has 3 aromatic rings. The van der Waals surface area contributed by atoms with Gasteiger partial charge in [0.25, 0.3) is 5.91 Å². The van der Waals surface area contributed by atoms with Crippen LogP contribution in [0.3, 0.4) is 0 Å². The number of ether oxygens (including phenoxy) is 1. The SMILES string of the molecule is [B]C1([B])C2CC(Oc3ccc(C(F)(F)F)cn3)C(C2)N1C(=O)c1cccc(F)c1-c1ncccn1. The van der Waals surface area contributed by atoms with Crippen LogP contribution in [0.2, 0.25) is 0 Å². The number of amides is 1. The van der Waals surface area contributed by atoms with Crippen LogP contribution in [0.15, 0.2) is 55.0 Å². The first-order chi connectivity index (χ1) is 16.6. The maximum absolute atomic E-state index is 14.8. The summed E-state index contributed by atoms with van der Waals surface area (Å²) in [6.07, 6.45) is -0.807. The summed E-state index contributed by atoms with van der Waals surface area (Å²) in [5.41, 5.74) is -1.01. The number of hydrogen-bond donors (Lipinski definition) is 0. The van der Waals surface area contributed by atoms with Crippen LogP contribution in [-0.4, -0.2) is 58.9 Å². The van der Waals surface area contributed by atoms with Crippen molar-refractivity contribution < 1.29 is 27.1 Å². The van der Waals surface area contributed by atoms with E-state index in [1.165, 1.54) is 35.5 Å². The summed E-state index contributed by atoms with van der Waals surface area (Å²) in [6, 6.07) is 6.97. The average Bonchev–Trinajstić information content (AvgIpc) is 3.33. The predicted molar refractivity (Wildman–Crippen MR) is 118 cm³/mol. The number of hydrogen-bond acceptors (Lipinski definition) is 5. The summed E-state index contributed by atoms with van der Waals surface area (Å²) in [5, 5.41) is -1.53. The second-order valence-electron chi connectivity index (χ2n) is 8.57. The van der Waals surface area contributed by atoms with Gasteiger partial charge in [0.15, 0.2) is 5.82 Å². The lowest BCUT2D eigenvalue weighted by Crippen LogP contribution is -2.61. The molecule has 0 spiro atoms. The Morgan fingerprint density at radius 3 is 2.43 bits per heavy atom. The van der Waals surface area contributed by atoms with Gasteiger partial charge in [-0.2, -0.15) is 13.2 Å². The Labute approximate surface area is 200 Å². The van der Waals surface area contributed by atoms with Crippen LogP contribution >= 0.6 is 0 Å². The molecular formula is C23H16B2F4N4O2. The zero-order valence-electron chi connectivity index (χ0n) is 18.1. The van der Waals surface area contributed by atoms with Gasteiger partial charge >= 0.3 is 6.18 Å². The summed E-state index contributed by atoms with van der Waals surface area (Å²) >= 11 is 0. The highest BCUT2D eigenvalue weighted by Gasteiger charge is 2.57. The number of alkyl halides is 3. The number of carbonyl (C=O) groups excluding carboxylic acids is 1. The fourth-order valence-electron chi connectivity index (χ4n) is 4.82. The first-order valence-corrected chi connectivity index (χ1v) is 10.7. The van der Waals surface area contributed by atoms with Crippen LogP contribution in [0, 0.1) is 11.7 Å². The van der Waals surface area contributed by atoms with Crippen molar-refractivity contribution in [3.63, 3.8) is 0 Å². The number of piperidine rings is 1. The average molecular weight is 478 g/mol. The second-order valence-corrected chi connectivity index (χ2v) is 8.57. The Balaban J connectivity index is 1.45. The van der Waals surface area contributed by atoms with E-state index in [9.17, 15) is 22.4 Å². The van der Waals surface area contributed by atoms with Crippen molar-refractivity contribution in [3.8, 4) is 17.3 Å². The monoisotopic (exact) mass is 478 g/mol. The van der Waals surface area contributed by atoms with Crippen molar-refractivity contribution in [2.75, 3.05) is 0 Å². The van der Waals surface area contributed by atoms with Gasteiger partial charge in [0.1, 0.15) is 11.9 Å². The van der Waals surface area contributed by atoms with E-state index in [-0.39, 0.29) is 28.7 Å². The Morgan fingerprint density at radius 2 is 1.80 bits per heavy atom. The number of nitrogens with zero attached hydrogens (tertiary/aromatic N) is 4. The first-order valence-electron chi connectivity index (χ1n) is 10.7. The number of pyridine rings is 1. The smallest absolute Gasteiger partial charge is 0.417 e. The van der Waals surface area contributed by atoms with Gasteiger partial charge in [-0.05, 0) is 48.4 Å². The minimum absolute atomic E-state index is 0.0181. The van der Waals surface area contributed by atoms with Crippen molar-refractivity contribution in [2.45, 2.75) is 36.5 Å². The topological polar surface area (TPSA) is 68.2 Å². The summed E-state index contributed by atoms with van der Waals surface area (Å²) in [6.45, 7) is 0. The highest BCUT2D eigenvalue weighted by atomic mass is 19.4. The lowest BCUT2D eigenvalue weighted by atomic mass is 9.54. The van der Waals surface area contributed by atoms with E-state index in [0.717, 1.165) is 12.1 Å². The Bertz CT molecular complexity index is 1260. The molecule has 4 radical (unpaired) electrons. The van der Waals surface area contributed by atoms with Gasteiger partial charge < -0.3 is 9.64 Å². The third kappa shape index (κ3) is 4.04. The minimum atomic E-state index is -4.52. The zero-order chi connectivity index (χ0) is 25.0. The van der Waals surface area contributed by atoms with Gasteiger partial charge in [-0.15, -0.1) is 0 Å². The van der Waals surface area contributed by atoms with Crippen molar-refractivity contribution in [1.29, 1.82) is 0 Å². The molecule has 1 aliphatic heterocycles. The molecule has 12 heteroatoms. The molecule has 2 fully saturated rings. The van der Waals surface area contributed by atoms with Crippen molar-refractivity contribution in [2.24, 2.45) is 5.92 Å². The van der Waals surface area contributed by atoms with E-state index in [2.05, 4.69) is 15.0 Å². The van der Waals surface area contributed by atoms with Crippen molar-refractivity contribution in [1.82, 2.24) is 19.9 Å². The number of benzene rings is 1. The van der Waals surface area contributed by atoms with E-state index >= 15 is 0 Å². The van der Waals surface area contributed by atoms with Gasteiger partial charge in [0.05, 0.1) is 38.4 Å². The van der Waals surface area contributed by atoms with Crippen LogP contribution in [0.25, 0.3) is 11.4 Å². The summed E-state index contributed by atoms with van der Waals surface area (Å²) in [5.74, 6) is -1.65. The number of fused-ring (bicyclic) bond motifs is 2. The van der Waals surface area contributed by atoms with Gasteiger partial charge in [-0.3, -0.25) is 4.79 Å². The van der Waals surface area contributed by atoms with E-state index in [1.54, 1.807) is 6.07 Å². The van der Waals surface area contributed by atoms with Crippen LogP contribution in [0.4, 0.5) is 17.6 Å². The second kappa shape index (κ2) is 8.35. The van der Waals surface area contributed by atoms with Gasteiger partial charge in [-0.1, -0.05) is 6.07 Å². The lowest BCUT2D eigenvalue weighted by molar-refractivity contribution is -0.137. The largest absolute Gasteiger partial charge is 0.472 e. The van der Waals surface area contributed by atoms with E-state index in [4.69, 9.17) is 20.4 Å². The molecule has 5 rings (SSSR count). The molecule has 2 aliphatic rings. The molecule has 2 bridgehead atoms. The molecule has 1 amide bonds. The third-order valence-corrected chi connectivity index (χ3v) is 6.46. The first kappa shape index (κ1) is 23.3. The molecule has 1 aliphatic carbocycles. The molecule has 0 N–H and O–H groups in total. The molecule has 2 aromatic heterocycles. The maximum Gasteiger partial charge on any atom is 0.417 e. The van der Waals surface area contributed by atoms with E-state index in [0.29, 0.717) is 19.0 Å². The zero-order valence-corrected chi connectivity index (χ0v) is 18.1. The van der Waals surface area contributed by atoms with Crippen LogP contribution in [-0.2, 0) is 6.18 Å². The van der Waals surface area contributed by atoms with Crippen molar-refractivity contribution >= 4 is 21.6 Å². The molecule has 3 heterocycles. The normalized spacial score (nSPS) is 22.9. The number of aromatic nitrogens is 3. The molecule has 174 valence electrons. The summed E-state index contributed by atoms with van der Waals surface area (Å²) in [7, 11) is 12.7. The fraction of sp³-hybridized carbons (Fsp3) is 0.304. The van der Waals surface area contributed by atoms with E-state index < -0.39 is 40.9 Å². The molecule has 3 atom stereocenters. The van der Waals surface area contributed by atoms with Gasteiger partial charge in [0, 0.05) is 24.7 Å². The molecule has 1 saturated carbocycles. The molecule has 1 saturated heterocycles. The van der Waals surface area contributed by atoms with Crippen LogP contribution < -0.4 is 4.74 Å². The lowest BCUT2D eigenvalue weighted by Gasteiger charge is -2.46. The molecule has 3 unspecified atom stereocenters. The Kier molecular flexibility index (Phi) is 5.56. The predicted octanol–water partition coefficient (Wildman–Crippen LogP) is 3.37. The van der Waals surface area contributed by atoms with Crippen LogP contribution in [0.1, 0.15) is 28.8 Å². The minimum Gasteiger partial charge on any atom is -0.472 e.